The monoisotopic (exact) mass is 468 g/mol. The van der Waals surface area contributed by atoms with Gasteiger partial charge in [0.1, 0.15) is 12.1 Å². The van der Waals surface area contributed by atoms with Gasteiger partial charge in [-0.2, -0.15) is 0 Å². The highest BCUT2D eigenvalue weighted by molar-refractivity contribution is 6.11. The molecule has 0 bridgehead atoms. The number of para-hydroxylation sites is 1. The molecule has 0 spiro atoms. The van der Waals surface area contributed by atoms with Crippen LogP contribution < -0.4 is 5.32 Å². The number of aromatic nitrogens is 1. The molecule has 9 nitrogen and oxygen atoms in total. The standard InChI is InChI=1S/C25H32N4O5/c1-6-14(4)18(22(31)32)27-21(30)19(13(2)3)29-23(33)25(5)20-16(11-12-28(25)24(29)34)15-9-7-8-10-17(15)26-20/h7-10,13-14,18-19,26H,6,11-12H2,1-5H3,(H,27,30)(H,31,32)/t14-,18+,19+,25+/m1/s1. The molecule has 1 aromatic carbocycles. The third-order valence-corrected chi connectivity index (χ3v) is 7.45. The third-order valence-electron chi connectivity index (χ3n) is 7.45. The van der Waals surface area contributed by atoms with Crippen molar-refractivity contribution in [3.05, 3.63) is 35.5 Å². The summed E-state index contributed by atoms with van der Waals surface area (Å²) in [7, 11) is 0. The van der Waals surface area contributed by atoms with Gasteiger partial charge in [-0.05, 0) is 36.8 Å². The van der Waals surface area contributed by atoms with Crippen molar-refractivity contribution >= 4 is 34.7 Å². The van der Waals surface area contributed by atoms with Crippen LogP contribution in [0.1, 0.15) is 52.3 Å². The molecule has 4 amide bonds. The molecule has 0 aliphatic carbocycles. The molecule has 182 valence electrons. The first-order valence-corrected chi connectivity index (χ1v) is 11.8. The molecule has 1 aromatic heterocycles. The van der Waals surface area contributed by atoms with Crippen molar-refractivity contribution in [2.24, 2.45) is 11.8 Å². The predicted octanol–water partition coefficient (Wildman–Crippen LogP) is 2.84. The number of H-pyrrole nitrogens is 1. The predicted molar refractivity (Wildman–Crippen MR) is 126 cm³/mol. The number of hydrogen-bond donors (Lipinski definition) is 3. The lowest BCUT2D eigenvalue weighted by Gasteiger charge is -2.36. The fraction of sp³-hybridized carbons (Fsp3) is 0.520. The minimum atomic E-state index is -1.26. The van der Waals surface area contributed by atoms with Crippen LogP contribution in [0.15, 0.2) is 24.3 Å². The Kier molecular flexibility index (Phi) is 5.91. The van der Waals surface area contributed by atoms with Crippen molar-refractivity contribution in [1.29, 1.82) is 0 Å². The number of hydrogen-bond acceptors (Lipinski definition) is 4. The molecule has 3 N–H and O–H groups in total. The van der Waals surface area contributed by atoms with E-state index >= 15 is 0 Å². The normalized spacial score (nSPS) is 22.5. The number of urea groups is 1. The van der Waals surface area contributed by atoms with Crippen molar-refractivity contribution in [2.75, 3.05) is 6.54 Å². The Bertz CT molecular complexity index is 1170. The lowest BCUT2D eigenvalue weighted by atomic mass is 9.86. The molecular weight excluding hydrogens is 436 g/mol. The molecule has 3 heterocycles. The summed E-state index contributed by atoms with van der Waals surface area (Å²) in [6.07, 6.45) is 1.15. The number of imide groups is 1. The average molecular weight is 469 g/mol. The lowest BCUT2D eigenvalue weighted by molar-refractivity contribution is -0.145. The Hall–Kier alpha value is -3.36. The number of aromatic amines is 1. The van der Waals surface area contributed by atoms with Gasteiger partial charge in [-0.25, -0.2) is 14.5 Å². The number of nitrogens with zero attached hydrogens (tertiary/aromatic N) is 2. The summed E-state index contributed by atoms with van der Waals surface area (Å²) >= 11 is 0. The summed E-state index contributed by atoms with van der Waals surface area (Å²) in [5.41, 5.74) is 1.31. The summed E-state index contributed by atoms with van der Waals surface area (Å²) in [5, 5.41) is 13.2. The molecule has 0 unspecified atom stereocenters. The fourth-order valence-electron chi connectivity index (χ4n) is 5.30. The molecule has 2 aromatic rings. The van der Waals surface area contributed by atoms with Crippen LogP contribution in [-0.4, -0.2) is 62.3 Å². The number of carbonyl (C=O) groups excluding carboxylic acids is 3. The van der Waals surface area contributed by atoms with Crippen molar-refractivity contribution < 1.29 is 24.3 Å². The second kappa shape index (κ2) is 8.45. The molecule has 2 aliphatic heterocycles. The van der Waals surface area contributed by atoms with Gasteiger partial charge in [0.2, 0.25) is 5.91 Å². The molecule has 4 rings (SSSR count). The number of rotatable bonds is 7. The summed E-state index contributed by atoms with van der Waals surface area (Å²) in [4.78, 5) is 58.5. The number of aliphatic carboxylic acids is 1. The van der Waals surface area contributed by atoms with Crippen molar-refractivity contribution in [3.8, 4) is 0 Å². The van der Waals surface area contributed by atoms with Crippen LogP contribution in [0.25, 0.3) is 10.9 Å². The zero-order valence-corrected chi connectivity index (χ0v) is 20.2. The molecule has 1 fully saturated rings. The van der Waals surface area contributed by atoms with E-state index in [0.717, 1.165) is 21.4 Å². The van der Waals surface area contributed by atoms with Crippen LogP contribution in [0.4, 0.5) is 4.79 Å². The highest BCUT2D eigenvalue weighted by atomic mass is 16.4. The topological polar surface area (TPSA) is 123 Å². The Morgan fingerprint density at radius 3 is 2.50 bits per heavy atom. The number of fused-ring (bicyclic) bond motifs is 5. The zero-order chi connectivity index (χ0) is 24.9. The molecule has 4 atom stereocenters. The number of nitrogens with one attached hydrogen (secondary N) is 2. The van der Waals surface area contributed by atoms with Gasteiger partial charge in [0.05, 0.1) is 5.69 Å². The zero-order valence-electron chi connectivity index (χ0n) is 20.2. The summed E-state index contributed by atoms with van der Waals surface area (Å²) < 4.78 is 0. The maximum atomic E-state index is 13.9. The molecule has 2 aliphatic rings. The summed E-state index contributed by atoms with van der Waals surface area (Å²) in [6, 6.07) is 5.02. The van der Waals surface area contributed by atoms with E-state index in [2.05, 4.69) is 10.3 Å². The van der Waals surface area contributed by atoms with E-state index in [0.29, 0.717) is 25.1 Å². The molecule has 1 saturated heterocycles. The molecule has 9 heteroatoms. The maximum Gasteiger partial charge on any atom is 0.328 e. The van der Waals surface area contributed by atoms with Gasteiger partial charge in [0.25, 0.3) is 5.91 Å². The Morgan fingerprint density at radius 2 is 1.88 bits per heavy atom. The summed E-state index contributed by atoms with van der Waals surface area (Å²) in [6.45, 7) is 9.15. The summed E-state index contributed by atoms with van der Waals surface area (Å²) in [5.74, 6) is -2.97. The van der Waals surface area contributed by atoms with E-state index in [-0.39, 0.29) is 5.92 Å². The van der Waals surface area contributed by atoms with Crippen LogP contribution in [0.2, 0.25) is 0 Å². The van der Waals surface area contributed by atoms with E-state index < -0.39 is 47.4 Å². The molecule has 0 saturated carbocycles. The van der Waals surface area contributed by atoms with E-state index in [1.165, 1.54) is 4.90 Å². The van der Waals surface area contributed by atoms with E-state index in [1.807, 2.05) is 31.2 Å². The first-order valence-electron chi connectivity index (χ1n) is 11.8. The van der Waals surface area contributed by atoms with E-state index in [4.69, 9.17) is 0 Å². The lowest BCUT2D eigenvalue weighted by Crippen LogP contribution is -2.57. The number of carboxylic acid groups (broad SMARTS) is 1. The van der Waals surface area contributed by atoms with Gasteiger partial charge in [-0.3, -0.25) is 9.59 Å². The smallest absolute Gasteiger partial charge is 0.328 e. The van der Waals surface area contributed by atoms with Crippen LogP contribution in [0.5, 0.6) is 0 Å². The second-order valence-corrected chi connectivity index (χ2v) is 9.85. The van der Waals surface area contributed by atoms with Crippen molar-refractivity contribution in [2.45, 2.75) is 65.1 Å². The molecular formula is C25H32N4O5. The van der Waals surface area contributed by atoms with Gasteiger partial charge in [0, 0.05) is 17.4 Å². The Labute approximate surface area is 198 Å². The second-order valence-electron chi connectivity index (χ2n) is 9.85. The quantitative estimate of drug-likeness (QED) is 0.539. The fourth-order valence-corrected chi connectivity index (χ4v) is 5.30. The van der Waals surface area contributed by atoms with E-state index in [1.54, 1.807) is 27.7 Å². The van der Waals surface area contributed by atoms with Crippen molar-refractivity contribution in [1.82, 2.24) is 20.1 Å². The SMILES string of the molecule is CC[C@@H](C)[C@H](NC(=O)[C@H](C(C)C)N1C(=O)N2CCc3c([nH]c4ccccc34)[C@@]2(C)C1=O)C(=O)O. The van der Waals surface area contributed by atoms with Crippen LogP contribution in [-0.2, 0) is 26.3 Å². The third kappa shape index (κ3) is 3.36. The first kappa shape index (κ1) is 23.8. The maximum absolute atomic E-state index is 13.9. The first-order chi connectivity index (χ1) is 16.0. The van der Waals surface area contributed by atoms with Gasteiger partial charge in [-0.1, -0.05) is 52.3 Å². The van der Waals surface area contributed by atoms with Crippen molar-refractivity contribution in [3.63, 3.8) is 0 Å². The van der Waals surface area contributed by atoms with Gasteiger partial charge in [0.15, 0.2) is 5.54 Å². The Morgan fingerprint density at radius 1 is 1.21 bits per heavy atom. The largest absolute Gasteiger partial charge is 0.480 e. The van der Waals surface area contributed by atoms with Crippen LogP contribution in [0.3, 0.4) is 0 Å². The number of amides is 4. The van der Waals surface area contributed by atoms with Crippen LogP contribution in [0, 0.1) is 11.8 Å². The minimum Gasteiger partial charge on any atom is -0.480 e. The molecule has 0 radical (unpaired) electrons. The van der Waals surface area contributed by atoms with Gasteiger partial charge < -0.3 is 20.3 Å². The van der Waals surface area contributed by atoms with Gasteiger partial charge >= 0.3 is 12.0 Å². The van der Waals surface area contributed by atoms with E-state index in [9.17, 15) is 24.3 Å². The van der Waals surface area contributed by atoms with Crippen LogP contribution >= 0.6 is 0 Å². The Balaban J connectivity index is 1.73. The highest BCUT2D eigenvalue weighted by Gasteiger charge is 2.61. The highest BCUT2D eigenvalue weighted by Crippen LogP contribution is 2.45. The molecule has 34 heavy (non-hydrogen) atoms. The number of benzene rings is 1. The number of carbonyl (C=O) groups is 4. The van der Waals surface area contributed by atoms with Gasteiger partial charge in [-0.15, -0.1) is 0 Å². The minimum absolute atomic E-state index is 0.308. The number of carboxylic acids is 1. The average Bonchev–Trinajstić information content (AvgIpc) is 3.27.